The van der Waals surface area contributed by atoms with E-state index in [1.54, 1.807) is 32.5 Å². The van der Waals surface area contributed by atoms with Crippen molar-refractivity contribution in [2.45, 2.75) is 57.8 Å². The van der Waals surface area contributed by atoms with Crippen LogP contribution in [0.1, 0.15) is 42.5 Å². The van der Waals surface area contributed by atoms with E-state index in [2.05, 4.69) is 42.5 Å². The van der Waals surface area contributed by atoms with Crippen LogP contribution >= 0.6 is 23.3 Å². The molecule has 0 unspecified atom stereocenters. The van der Waals surface area contributed by atoms with Crippen LogP contribution in [0.25, 0.3) is 11.4 Å². The Labute approximate surface area is 192 Å². The molecule has 2 aromatic carbocycles. The van der Waals surface area contributed by atoms with Crippen molar-refractivity contribution < 1.29 is 14.3 Å². The topological polar surface area (TPSA) is 61.3 Å². The highest BCUT2D eigenvalue weighted by molar-refractivity contribution is 7.98. The summed E-state index contributed by atoms with van der Waals surface area (Å²) in [5.41, 5.74) is 3.50. The van der Waals surface area contributed by atoms with Gasteiger partial charge in [0.25, 0.3) is 0 Å². The summed E-state index contributed by atoms with van der Waals surface area (Å²) >= 11 is 3.14. The minimum atomic E-state index is -1.03. The molecule has 7 heteroatoms. The van der Waals surface area contributed by atoms with Crippen LogP contribution in [0.2, 0.25) is 0 Å². The van der Waals surface area contributed by atoms with E-state index in [1.165, 1.54) is 22.7 Å². The Morgan fingerprint density at radius 1 is 1.06 bits per heavy atom. The molecule has 3 rings (SSSR count). The molecular formula is C24H28N2O3S2. The molecule has 0 saturated carbocycles. The number of aryl methyl sites for hydroxylation is 3. The molecule has 1 aromatic heterocycles. The Morgan fingerprint density at radius 2 is 1.84 bits per heavy atom. The molecule has 5 nitrogen and oxygen atoms in total. The van der Waals surface area contributed by atoms with Crippen LogP contribution in [-0.2, 0) is 15.3 Å². The number of carbonyl (C=O) groups is 1. The molecule has 164 valence electrons. The predicted octanol–water partition coefficient (Wildman–Crippen LogP) is 6.14. The van der Waals surface area contributed by atoms with Crippen LogP contribution in [0.4, 0.5) is 0 Å². The van der Waals surface area contributed by atoms with Gasteiger partial charge in [-0.25, -0.2) is 9.78 Å². The lowest BCUT2D eigenvalue weighted by Gasteiger charge is -2.25. The van der Waals surface area contributed by atoms with Gasteiger partial charge in [0.15, 0.2) is 11.4 Å². The van der Waals surface area contributed by atoms with Gasteiger partial charge in [-0.15, -0.1) is 11.8 Å². The number of ether oxygens (including phenoxy) is 2. The summed E-state index contributed by atoms with van der Waals surface area (Å²) in [5.74, 6) is 1.83. The monoisotopic (exact) mass is 456 g/mol. The smallest absolute Gasteiger partial charge is 0.349 e. The van der Waals surface area contributed by atoms with E-state index in [9.17, 15) is 4.79 Å². The summed E-state index contributed by atoms with van der Waals surface area (Å²) in [7, 11) is 0. The Hall–Kier alpha value is -2.38. The minimum absolute atomic E-state index is 0.330. The van der Waals surface area contributed by atoms with E-state index in [0.29, 0.717) is 12.4 Å². The third-order valence-corrected chi connectivity index (χ3v) is 6.77. The maximum atomic E-state index is 12.1. The summed E-state index contributed by atoms with van der Waals surface area (Å²) < 4.78 is 15.6. The molecule has 0 atom stereocenters. The van der Waals surface area contributed by atoms with Crippen molar-refractivity contribution >= 4 is 29.3 Å². The van der Waals surface area contributed by atoms with Gasteiger partial charge in [-0.05, 0) is 94.0 Å². The highest BCUT2D eigenvalue weighted by atomic mass is 32.2. The molecule has 0 aliphatic rings. The van der Waals surface area contributed by atoms with Crippen LogP contribution < -0.4 is 4.74 Å². The Balaban J connectivity index is 1.64. The second-order valence-corrected chi connectivity index (χ2v) is 9.74. The molecule has 3 aromatic rings. The zero-order valence-electron chi connectivity index (χ0n) is 18.8. The molecule has 0 aliphatic carbocycles. The van der Waals surface area contributed by atoms with Crippen molar-refractivity contribution in [3.05, 3.63) is 58.1 Å². The first-order valence-corrected chi connectivity index (χ1v) is 12.0. The number of nitrogens with zero attached hydrogens (tertiary/aromatic N) is 2. The number of hydrogen-bond acceptors (Lipinski definition) is 7. The fraction of sp³-hybridized carbons (Fsp3) is 0.375. The van der Waals surface area contributed by atoms with E-state index in [4.69, 9.17) is 14.5 Å². The summed E-state index contributed by atoms with van der Waals surface area (Å²) in [6, 6.07) is 12.3. The fourth-order valence-corrected chi connectivity index (χ4v) is 4.54. The third-order valence-electron chi connectivity index (χ3n) is 4.87. The largest absolute Gasteiger partial charge is 0.476 e. The van der Waals surface area contributed by atoms with Crippen molar-refractivity contribution in [1.29, 1.82) is 0 Å². The second kappa shape index (κ2) is 9.83. The number of rotatable bonds is 8. The molecule has 0 amide bonds. The summed E-state index contributed by atoms with van der Waals surface area (Å²) in [4.78, 5) is 17.9. The molecule has 0 N–H and O–H groups in total. The minimum Gasteiger partial charge on any atom is -0.476 e. The molecule has 0 spiro atoms. The van der Waals surface area contributed by atoms with Crippen LogP contribution in [-0.4, -0.2) is 27.5 Å². The van der Waals surface area contributed by atoms with Crippen LogP contribution in [0.5, 0.6) is 5.75 Å². The molecule has 0 saturated heterocycles. The molecule has 0 radical (unpaired) electrons. The number of thioether (sulfide) groups is 1. The van der Waals surface area contributed by atoms with Gasteiger partial charge in [-0.2, -0.15) is 4.37 Å². The first-order valence-electron chi connectivity index (χ1n) is 10.2. The van der Waals surface area contributed by atoms with Crippen molar-refractivity contribution in [3.63, 3.8) is 0 Å². The number of esters is 1. The van der Waals surface area contributed by atoms with Gasteiger partial charge >= 0.3 is 5.97 Å². The maximum absolute atomic E-state index is 12.1. The number of carbonyl (C=O) groups excluding carboxylic acids is 1. The van der Waals surface area contributed by atoms with Crippen LogP contribution in [0, 0.1) is 20.8 Å². The van der Waals surface area contributed by atoms with Crippen LogP contribution in [0.15, 0.2) is 41.3 Å². The summed E-state index contributed by atoms with van der Waals surface area (Å²) in [6.45, 7) is 11.7. The molecule has 1 heterocycles. The maximum Gasteiger partial charge on any atom is 0.349 e. The quantitative estimate of drug-likeness (QED) is 0.300. The first kappa shape index (κ1) is 23.3. The van der Waals surface area contributed by atoms with Crippen molar-refractivity contribution in [1.82, 2.24) is 9.36 Å². The van der Waals surface area contributed by atoms with Crippen molar-refractivity contribution in [2.24, 2.45) is 0 Å². The number of hydrogen-bond donors (Lipinski definition) is 0. The van der Waals surface area contributed by atoms with E-state index in [1.807, 2.05) is 19.1 Å². The lowest BCUT2D eigenvalue weighted by Crippen LogP contribution is -2.39. The van der Waals surface area contributed by atoms with Gasteiger partial charge in [-0.3, -0.25) is 0 Å². The summed E-state index contributed by atoms with van der Waals surface area (Å²) in [5, 5.41) is 0.986. The van der Waals surface area contributed by atoms with Gasteiger partial charge < -0.3 is 9.47 Å². The zero-order chi connectivity index (χ0) is 22.6. The van der Waals surface area contributed by atoms with E-state index in [0.717, 1.165) is 32.6 Å². The SMILES string of the molecule is CCOC(=O)C(C)(C)Oc1ccc(SCc2nc(-c3ccc(C)c(C)c3)ns2)cc1C. The van der Waals surface area contributed by atoms with Gasteiger partial charge in [-0.1, -0.05) is 12.1 Å². The standard InChI is InChI=1S/C24H28N2O3S2/c1-7-28-23(27)24(5,6)29-20-11-10-19(13-17(20)4)30-14-21-25-22(26-31-21)18-9-8-15(2)16(3)12-18/h8-13H,7,14H2,1-6H3. The average Bonchev–Trinajstić information content (AvgIpc) is 3.19. The van der Waals surface area contributed by atoms with Crippen molar-refractivity contribution in [3.8, 4) is 17.1 Å². The highest BCUT2D eigenvalue weighted by Gasteiger charge is 2.32. The molecule has 31 heavy (non-hydrogen) atoms. The predicted molar refractivity (Wildman–Crippen MR) is 127 cm³/mol. The lowest BCUT2D eigenvalue weighted by atomic mass is 10.1. The summed E-state index contributed by atoms with van der Waals surface area (Å²) in [6.07, 6.45) is 0. The fourth-order valence-electron chi connectivity index (χ4n) is 2.90. The molecule has 0 bridgehead atoms. The Kier molecular flexibility index (Phi) is 7.38. The number of benzene rings is 2. The van der Waals surface area contributed by atoms with Gasteiger partial charge in [0.1, 0.15) is 10.8 Å². The molecule has 0 aliphatic heterocycles. The highest BCUT2D eigenvalue weighted by Crippen LogP contribution is 2.31. The lowest BCUT2D eigenvalue weighted by molar-refractivity contribution is -0.158. The van der Waals surface area contributed by atoms with E-state index in [-0.39, 0.29) is 5.97 Å². The second-order valence-electron chi connectivity index (χ2n) is 7.86. The third kappa shape index (κ3) is 5.86. The van der Waals surface area contributed by atoms with Crippen LogP contribution in [0.3, 0.4) is 0 Å². The Morgan fingerprint density at radius 3 is 2.52 bits per heavy atom. The van der Waals surface area contributed by atoms with Gasteiger partial charge in [0.05, 0.1) is 12.4 Å². The van der Waals surface area contributed by atoms with Gasteiger partial charge in [0.2, 0.25) is 0 Å². The van der Waals surface area contributed by atoms with E-state index >= 15 is 0 Å². The molecule has 0 fully saturated rings. The van der Waals surface area contributed by atoms with E-state index < -0.39 is 5.60 Å². The normalized spacial score (nSPS) is 11.4. The van der Waals surface area contributed by atoms with Crippen molar-refractivity contribution in [2.75, 3.05) is 6.61 Å². The Bertz CT molecular complexity index is 1080. The average molecular weight is 457 g/mol. The zero-order valence-corrected chi connectivity index (χ0v) is 20.4. The number of aromatic nitrogens is 2. The first-order chi connectivity index (χ1) is 14.7. The molecular weight excluding hydrogens is 428 g/mol. The van der Waals surface area contributed by atoms with Gasteiger partial charge in [0, 0.05) is 10.5 Å².